The van der Waals surface area contributed by atoms with E-state index in [1.165, 1.54) is 0 Å². The van der Waals surface area contributed by atoms with Crippen molar-refractivity contribution in [2.75, 3.05) is 0 Å². The van der Waals surface area contributed by atoms with Gasteiger partial charge in [-0.15, -0.1) is 0 Å². The first-order chi connectivity index (χ1) is 9.25. The molecule has 2 aromatic rings. The van der Waals surface area contributed by atoms with E-state index in [0.717, 1.165) is 15.6 Å². The van der Waals surface area contributed by atoms with E-state index in [1.54, 1.807) is 19.9 Å². The topological polar surface area (TPSA) is 29.5 Å². The zero-order valence-corrected chi connectivity index (χ0v) is 13.9. The second-order valence-electron chi connectivity index (χ2n) is 5.25. The van der Waals surface area contributed by atoms with Crippen LogP contribution >= 0.6 is 27.5 Å². The van der Waals surface area contributed by atoms with Crippen molar-refractivity contribution >= 4 is 27.5 Å². The molecule has 0 saturated carbocycles. The fourth-order valence-electron chi connectivity index (χ4n) is 1.75. The summed E-state index contributed by atoms with van der Waals surface area (Å²) in [6.07, 6.45) is 0. The molecule has 0 saturated heterocycles. The second-order valence-corrected chi connectivity index (χ2v) is 6.57. The molecule has 4 heteroatoms. The van der Waals surface area contributed by atoms with Crippen LogP contribution in [0.4, 0.5) is 0 Å². The number of aliphatic hydroxyl groups is 1. The minimum Gasteiger partial charge on any atom is -0.457 e. The molecule has 0 bridgehead atoms. The Morgan fingerprint density at radius 2 is 1.80 bits per heavy atom. The molecule has 0 aliphatic carbocycles. The lowest BCUT2D eigenvalue weighted by Gasteiger charge is -2.19. The molecule has 0 unspecified atom stereocenters. The van der Waals surface area contributed by atoms with Crippen molar-refractivity contribution in [1.29, 1.82) is 0 Å². The Balaban J connectivity index is 2.33. The Hall–Kier alpha value is -1.03. The zero-order chi connectivity index (χ0) is 14.9. The lowest BCUT2D eigenvalue weighted by Crippen LogP contribution is -2.15. The van der Waals surface area contributed by atoms with Gasteiger partial charge in [0.15, 0.2) is 0 Å². The van der Waals surface area contributed by atoms with Gasteiger partial charge < -0.3 is 9.84 Å². The summed E-state index contributed by atoms with van der Waals surface area (Å²) in [5.74, 6) is 1.32. The van der Waals surface area contributed by atoms with Crippen LogP contribution < -0.4 is 4.74 Å². The van der Waals surface area contributed by atoms with Crippen LogP contribution in [0.5, 0.6) is 11.5 Å². The molecular formula is C16H16BrClO2. The van der Waals surface area contributed by atoms with Crippen molar-refractivity contribution in [3.05, 3.63) is 57.0 Å². The molecule has 0 radical (unpaired) electrons. The van der Waals surface area contributed by atoms with E-state index in [4.69, 9.17) is 16.3 Å². The summed E-state index contributed by atoms with van der Waals surface area (Å²) < 4.78 is 6.66. The van der Waals surface area contributed by atoms with Gasteiger partial charge >= 0.3 is 0 Å². The van der Waals surface area contributed by atoms with Crippen LogP contribution in [-0.4, -0.2) is 5.11 Å². The molecule has 1 N–H and O–H groups in total. The van der Waals surface area contributed by atoms with E-state index in [0.29, 0.717) is 16.5 Å². The summed E-state index contributed by atoms with van der Waals surface area (Å²) in [6.45, 7) is 5.42. The predicted octanol–water partition coefficient (Wildman–Crippen LogP) is 5.43. The Labute approximate surface area is 132 Å². The summed E-state index contributed by atoms with van der Waals surface area (Å²) in [4.78, 5) is 0. The van der Waals surface area contributed by atoms with Crippen molar-refractivity contribution in [3.8, 4) is 11.5 Å². The summed E-state index contributed by atoms with van der Waals surface area (Å²) in [6, 6.07) is 11.1. The molecule has 0 aliphatic heterocycles. The quantitative estimate of drug-likeness (QED) is 0.795. The molecule has 2 aromatic carbocycles. The number of ether oxygens (including phenoxy) is 1. The van der Waals surface area contributed by atoms with Gasteiger partial charge in [0.1, 0.15) is 11.5 Å². The first kappa shape index (κ1) is 15.4. The average molecular weight is 356 g/mol. The van der Waals surface area contributed by atoms with Gasteiger partial charge in [0.2, 0.25) is 0 Å². The maximum absolute atomic E-state index is 10.1. The van der Waals surface area contributed by atoms with E-state index in [1.807, 2.05) is 37.3 Å². The van der Waals surface area contributed by atoms with Gasteiger partial charge in [-0.25, -0.2) is 0 Å². The lowest BCUT2D eigenvalue weighted by molar-refractivity contribution is 0.0783. The smallest absolute Gasteiger partial charge is 0.128 e. The molecule has 0 aliphatic rings. The van der Waals surface area contributed by atoms with Gasteiger partial charge in [0, 0.05) is 9.50 Å². The third-order valence-corrected chi connectivity index (χ3v) is 3.82. The summed E-state index contributed by atoms with van der Waals surface area (Å²) in [5.41, 5.74) is 0.859. The molecule has 2 rings (SSSR count). The largest absolute Gasteiger partial charge is 0.457 e. The highest BCUT2D eigenvalue weighted by Crippen LogP contribution is 2.32. The van der Waals surface area contributed by atoms with Crippen LogP contribution in [0.15, 0.2) is 40.9 Å². The predicted molar refractivity (Wildman–Crippen MR) is 85.6 cm³/mol. The first-order valence-corrected chi connectivity index (χ1v) is 7.40. The van der Waals surface area contributed by atoms with Crippen molar-refractivity contribution in [2.24, 2.45) is 0 Å². The molecule has 106 valence electrons. The van der Waals surface area contributed by atoms with Gasteiger partial charge in [-0.2, -0.15) is 0 Å². The molecule has 2 nitrogen and oxygen atoms in total. The highest BCUT2D eigenvalue weighted by Gasteiger charge is 2.17. The van der Waals surface area contributed by atoms with Crippen LogP contribution in [0.3, 0.4) is 0 Å². The van der Waals surface area contributed by atoms with Gasteiger partial charge in [-0.3, -0.25) is 0 Å². The van der Waals surface area contributed by atoms with Crippen LogP contribution in [0.2, 0.25) is 5.02 Å². The fourth-order valence-corrected chi connectivity index (χ4v) is 2.39. The first-order valence-electron chi connectivity index (χ1n) is 6.23. The van der Waals surface area contributed by atoms with E-state index >= 15 is 0 Å². The molecule has 0 atom stereocenters. The highest BCUT2D eigenvalue weighted by molar-refractivity contribution is 9.10. The fraction of sp³-hybridized carbons (Fsp3) is 0.250. The number of hydrogen-bond donors (Lipinski definition) is 1. The van der Waals surface area contributed by atoms with Crippen LogP contribution in [0.25, 0.3) is 0 Å². The molecule has 0 spiro atoms. The van der Waals surface area contributed by atoms with Gasteiger partial charge in [-0.05, 0) is 62.2 Å². The number of aryl methyl sites for hydroxylation is 1. The summed E-state index contributed by atoms with van der Waals surface area (Å²) in [7, 11) is 0. The molecule has 20 heavy (non-hydrogen) atoms. The third-order valence-electron chi connectivity index (χ3n) is 2.96. The van der Waals surface area contributed by atoms with E-state index in [2.05, 4.69) is 15.9 Å². The molecule has 0 amide bonds. The maximum atomic E-state index is 10.1. The van der Waals surface area contributed by atoms with Gasteiger partial charge in [-0.1, -0.05) is 33.6 Å². The van der Waals surface area contributed by atoms with Gasteiger partial charge in [0.25, 0.3) is 0 Å². The van der Waals surface area contributed by atoms with Crippen LogP contribution in [0.1, 0.15) is 25.0 Å². The number of hydrogen-bond acceptors (Lipinski definition) is 2. The molecular weight excluding hydrogens is 340 g/mol. The average Bonchev–Trinajstić information content (AvgIpc) is 2.32. The van der Waals surface area contributed by atoms with E-state index < -0.39 is 5.60 Å². The molecule has 0 aromatic heterocycles. The van der Waals surface area contributed by atoms with Crippen molar-refractivity contribution in [2.45, 2.75) is 26.4 Å². The summed E-state index contributed by atoms with van der Waals surface area (Å²) in [5, 5.41) is 10.8. The highest BCUT2D eigenvalue weighted by atomic mass is 79.9. The van der Waals surface area contributed by atoms with Crippen molar-refractivity contribution in [3.63, 3.8) is 0 Å². The lowest BCUT2D eigenvalue weighted by atomic mass is 9.98. The van der Waals surface area contributed by atoms with E-state index in [-0.39, 0.29) is 0 Å². The second kappa shape index (κ2) is 5.76. The maximum Gasteiger partial charge on any atom is 0.128 e. The Morgan fingerprint density at radius 1 is 1.10 bits per heavy atom. The Morgan fingerprint density at radius 3 is 2.40 bits per heavy atom. The van der Waals surface area contributed by atoms with E-state index in [9.17, 15) is 5.11 Å². The van der Waals surface area contributed by atoms with Gasteiger partial charge in [0.05, 0.1) is 5.60 Å². The standard InChI is InChI=1S/C16H16BrClO2/c1-10-4-5-13(9-15(10)18)20-14-7-11(16(2,3)19)6-12(17)8-14/h4-9,19H,1-3H3. The van der Waals surface area contributed by atoms with Crippen molar-refractivity contribution < 1.29 is 9.84 Å². The minimum atomic E-state index is -0.924. The Bertz CT molecular complexity index is 633. The zero-order valence-electron chi connectivity index (χ0n) is 11.6. The Kier molecular flexibility index (Phi) is 4.43. The normalized spacial score (nSPS) is 11.5. The SMILES string of the molecule is Cc1ccc(Oc2cc(Br)cc(C(C)(C)O)c2)cc1Cl. The molecule has 0 heterocycles. The number of benzene rings is 2. The summed E-state index contributed by atoms with van der Waals surface area (Å²) >= 11 is 9.51. The van der Waals surface area contributed by atoms with Crippen LogP contribution in [0, 0.1) is 6.92 Å². The number of rotatable bonds is 3. The molecule has 0 fully saturated rings. The number of halogens is 2. The minimum absolute atomic E-state index is 0.649. The third kappa shape index (κ3) is 3.75. The van der Waals surface area contributed by atoms with Crippen LogP contribution in [-0.2, 0) is 5.60 Å². The van der Waals surface area contributed by atoms with Crippen molar-refractivity contribution in [1.82, 2.24) is 0 Å². The monoisotopic (exact) mass is 354 g/mol.